The highest BCUT2D eigenvalue weighted by Gasteiger charge is 2.02. The zero-order valence-corrected chi connectivity index (χ0v) is 7.39. The molecule has 0 aliphatic rings. The summed E-state index contributed by atoms with van der Waals surface area (Å²) in [5.41, 5.74) is 0.344. The van der Waals surface area contributed by atoms with Crippen molar-refractivity contribution < 1.29 is 4.79 Å². The third-order valence-corrected chi connectivity index (χ3v) is 1.44. The van der Waals surface area contributed by atoms with Gasteiger partial charge in [0, 0.05) is 6.20 Å². The Morgan fingerprint density at radius 2 is 2.42 bits per heavy atom. The maximum Gasteiger partial charge on any atom is 0.287 e. The molecule has 1 aromatic rings. The molecule has 0 fully saturated rings. The highest BCUT2D eigenvalue weighted by atomic mass is 35.5. The molecule has 1 rings (SSSR count). The fourth-order valence-electron chi connectivity index (χ4n) is 0.608. The molecule has 0 aromatic carbocycles. The third-order valence-electron chi connectivity index (χ3n) is 1.12. The highest BCUT2D eigenvalue weighted by molar-refractivity contribution is 7.78. The summed E-state index contributed by atoms with van der Waals surface area (Å²) in [6, 6.07) is 3.03. The molecule has 0 N–H and O–H groups in total. The van der Waals surface area contributed by atoms with Crippen molar-refractivity contribution in [2.24, 2.45) is 4.99 Å². The van der Waals surface area contributed by atoms with Crippen molar-refractivity contribution in [2.45, 2.75) is 0 Å². The molecule has 1 aromatic heterocycles. The lowest BCUT2D eigenvalue weighted by molar-refractivity contribution is 0.100. The molecule has 3 nitrogen and oxygen atoms in total. The number of amides is 1. The summed E-state index contributed by atoms with van der Waals surface area (Å²) >= 11 is 9.77. The molecule has 1 heterocycles. The van der Waals surface area contributed by atoms with Crippen molar-refractivity contribution >= 4 is 34.9 Å². The first-order chi connectivity index (χ1) is 5.74. The van der Waals surface area contributed by atoms with Crippen molar-refractivity contribution in [3.63, 3.8) is 0 Å². The molecule has 0 saturated carbocycles. The van der Waals surface area contributed by atoms with E-state index >= 15 is 0 Å². The van der Waals surface area contributed by atoms with E-state index in [-0.39, 0.29) is 0 Å². The van der Waals surface area contributed by atoms with Crippen LogP contribution in [0.25, 0.3) is 0 Å². The van der Waals surface area contributed by atoms with E-state index in [0.717, 1.165) is 0 Å². The number of carbonyl (C=O) groups excluding carboxylic acids is 1. The lowest BCUT2D eigenvalue weighted by Crippen LogP contribution is -1.94. The van der Waals surface area contributed by atoms with Crippen molar-refractivity contribution in [2.75, 3.05) is 0 Å². The second-order valence-electron chi connectivity index (χ2n) is 1.88. The Hall–Kier alpha value is -1.09. The first kappa shape index (κ1) is 9.00. The summed E-state index contributed by atoms with van der Waals surface area (Å²) in [7, 11) is 0. The van der Waals surface area contributed by atoms with Crippen LogP contribution in [-0.2, 0) is 0 Å². The Kier molecular flexibility index (Phi) is 3.05. The normalized spacial score (nSPS) is 8.75. The van der Waals surface area contributed by atoms with Gasteiger partial charge < -0.3 is 0 Å². The van der Waals surface area contributed by atoms with Crippen LogP contribution < -0.4 is 0 Å². The van der Waals surface area contributed by atoms with E-state index in [2.05, 4.69) is 22.2 Å². The number of rotatable bonds is 1. The topological polar surface area (TPSA) is 42.3 Å². The minimum atomic E-state index is -0.464. The number of isothiocyanates is 1. The van der Waals surface area contributed by atoms with E-state index in [1.807, 2.05) is 5.16 Å². The van der Waals surface area contributed by atoms with E-state index in [4.69, 9.17) is 11.6 Å². The van der Waals surface area contributed by atoms with E-state index in [9.17, 15) is 4.79 Å². The van der Waals surface area contributed by atoms with Gasteiger partial charge in [0.1, 0.15) is 5.15 Å². The largest absolute Gasteiger partial charge is 0.287 e. The van der Waals surface area contributed by atoms with Crippen LogP contribution in [0.1, 0.15) is 10.4 Å². The summed E-state index contributed by atoms with van der Waals surface area (Å²) in [4.78, 5) is 17.9. The number of pyridine rings is 1. The van der Waals surface area contributed by atoms with Crippen LogP contribution in [0.3, 0.4) is 0 Å². The molecule has 1 amide bonds. The van der Waals surface area contributed by atoms with Gasteiger partial charge in [0.05, 0.1) is 10.7 Å². The molecule has 0 aliphatic carbocycles. The Morgan fingerprint density at radius 3 is 2.92 bits per heavy atom. The molecule has 0 saturated heterocycles. The first-order valence-corrected chi connectivity index (χ1v) is 3.76. The minimum absolute atomic E-state index is 0.331. The van der Waals surface area contributed by atoms with Gasteiger partial charge in [0.2, 0.25) is 0 Å². The minimum Gasteiger partial charge on any atom is -0.266 e. The Bertz CT molecular complexity index is 343. The zero-order chi connectivity index (χ0) is 8.97. The van der Waals surface area contributed by atoms with Crippen LogP contribution in [0.5, 0.6) is 0 Å². The Morgan fingerprint density at radius 1 is 1.67 bits per heavy atom. The molecule has 5 heteroatoms. The maximum atomic E-state index is 11.0. The van der Waals surface area contributed by atoms with Crippen LogP contribution >= 0.6 is 23.8 Å². The van der Waals surface area contributed by atoms with Crippen LogP contribution in [0.2, 0.25) is 5.15 Å². The second-order valence-corrected chi connectivity index (χ2v) is 2.45. The molecule has 0 atom stereocenters. The predicted molar refractivity (Wildman–Crippen MR) is 48.6 cm³/mol. The summed E-state index contributed by atoms with van der Waals surface area (Å²) in [5, 5.41) is 2.31. The highest BCUT2D eigenvalue weighted by Crippen LogP contribution is 2.05. The zero-order valence-electron chi connectivity index (χ0n) is 5.82. The molecule has 0 spiro atoms. The smallest absolute Gasteiger partial charge is 0.266 e. The van der Waals surface area contributed by atoms with Gasteiger partial charge in [0.25, 0.3) is 5.91 Å². The van der Waals surface area contributed by atoms with Gasteiger partial charge >= 0.3 is 0 Å². The Balaban J connectivity index is 2.97. The van der Waals surface area contributed by atoms with Gasteiger partial charge in [-0.3, -0.25) is 4.79 Å². The first-order valence-electron chi connectivity index (χ1n) is 2.98. The molecule has 0 unspecified atom stereocenters. The van der Waals surface area contributed by atoms with Crippen molar-refractivity contribution in [1.82, 2.24) is 4.98 Å². The van der Waals surface area contributed by atoms with Crippen LogP contribution in [-0.4, -0.2) is 16.1 Å². The van der Waals surface area contributed by atoms with Gasteiger partial charge in [-0.2, -0.15) is 4.99 Å². The number of halogens is 1. The SMILES string of the molecule is O=C(N=C=S)c1ccc(Cl)nc1. The second kappa shape index (κ2) is 4.07. The predicted octanol–water partition coefficient (Wildman–Crippen LogP) is 1.98. The Labute approximate surface area is 79.1 Å². The van der Waals surface area contributed by atoms with Gasteiger partial charge in [-0.1, -0.05) is 11.6 Å². The molecule has 0 bridgehead atoms. The van der Waals surface area contributed by atoms with E-state index in [0.29, 0.717) is 10.7 Å². The third kappa shape index (κ3) is 2.20. The average molecular weight is 199 g/mol. The number of carbonyl (C=O) groups is 1. The average Bonchev–Trinajstić information content (AvgIpc) is 2.06. The van der Waals surface area contributed by atoms with E-state index in [1.165, 1.54) is 18.3 Å². The summed E-state index contributed by atoms with van der Waals surface area (Å²) in [6.45, 7) is 0. The molecule has 0 aliphatic heterocycles. The fraction of sp³-hybridized carbons (Fsp3) is 0. The fourth-order valence-corrected chi connectivity index (χ4v) is 0.803. The molecular weight excluding hydrogens is 196 g/mol. The number of aromatic nitrogens is 1. The number of aliphatic imine (C=N–C) groups is 1. The lowest BCUT2D eigenvalue weighted by atomic mass is 10.3. The van der Waals surface area contributed by atoms with Gasteiger partial charge in [-0.25, -0.2) is 4.98 Å². The van der Waals surface area contributed by atoms with Crippen LogP contribution in [0.4, 0.5) is 0 Å². The van der Waals surface area contributed by atoms with Gasteiger partial charge in [0.15, 0.2) is 0 Å². The van der Waals surface area contributed by atoms with Crippen LogP contribution in [0, 0.1) is 0 Å². The van der Waals surface area contributed by atoms with E-state index in [1.54, 1.807) is 0 Å². The van der Waals surface area contributed by atoms with Crippen molar-refractivity contribution in [3.05, 3.63) is 29.0 Å². The van der Waals surface area contributed by atoms with Gasteiger partial charge in [-0.15, -0.1) is 0 Å². The van der Waals surface area contributed by atoms with Crippen molar-refractivity contribution in [3.8, 4) is 0 Å². The number of hydrogen-bond donors (Lipinski definition) is 0. The quantitative estimate of drug-likeness (QED) is 0.394. The number of thiocarbonyl (C=S) groups is 1. The van der Waals surface area contributed by atoms with Gasteiger partial charge in [-0.05, 0) is 24.4 Å². The summed E-state index contributed by atoms with van der Waals surface area (Å²) < 4.78 is 0. The monoisotopic (exact) mass is 198 g/mol. The molecule has 12 heavy (non-hydrogen) atoms. The summed E-state index contributed by atoms with van der Waals surface area (Å²) in [5.74, 6) is -0.464. The lowest BCUT2D eigenvalue weighted by Gasteiger charge is -1.91. The molecular formula is C7H3ClN2OS. The summed E-state index contributed by atoms with van der Waals surface area (Å²) in [6.07, 6.45) is 1.33. The van der Waals surface area contributed by atoms with Crippen LogP contribution in [0.15, 0.2) is 23.3 Å². The number of nitrogens with zero attached hydrogens (tertiary/aromatic N) is 2. The number of hydrogen-bond acceptors (Lipinski definition) is 3. The van der Waals surface area contributed by atoms with E-state index < -0.39 is 5.91 Å². The molecule has 60 valence electrons. The maximum absolute atomic E-state index is 11.0. The molecule has 0 radical (unpaired) electrons. The van der Waals surface area contributed by atoms with Crippen molar-refractivity contribution in [1.29, 1.82) is 0 Å². The standard InChI is InChI=1S/C7H3ClN2OS/c8-6-2-1-5(3-9-6)7(11)10-4-12/h1-3H.